The maximum Gasteiger partial charge on any atom is 0.191 e. The number of nitrogens with one attached hydrogen (secondary N) is 2. The number of aromatic nitrogens is 3. The van der Waals surface area contributed by atoms with Gasteiger partial charge in [0.05, 0.1) is 5.60 Å². The summed E-state index contributed by atoms with van der Waals surface area (Å²) in [5.41, 5.74) is 0.627. The Morgan fingerprint density at radius 1 is 1.32 bits per heavy atom. The lowest BCUT2D eigenvalue weighted by Gasteiger charge is -2.36. The molecule has 2 N–H and O–H groups in total. The van der Waals surface area contributed by atoms with Gasteiger partial charge in [-0.25, -0.2) is 4.99 Å². The van der Waals surface area contributed by atoms with Crippen LogP contribution in [-0.4, -0.2) is 59.6 Å². The van der Waals surface area contributed by atoms with E-state index in [1.165, 1.54) is 0 Å². The van der Waals surface area contributed by atoms with Gasteiger partial charge in [0.15, 0.2) is 17.4 Å². The van der Waals surface area contributed by atoms with Crippen LogP contribution >= 0.6 is 0 Å². The van der Waals surface area contributed by atoms with Crippen molar-refractivity contribution in [1.29, 1.82) is 0 Å². The molecule has 25 heavy (non-hydrogen) atoms. The van der Waals surface area contributed by atoms with Crippen molar-refractivity contribution < 1.29 is 9.47 Å². The molecule has 1 aliphatic rings. The molecule has 2 aromatic rings. The molecule has 0 unspecified atom stereocenters. The van der Waals surface area contributed by atoms with E-state index in [0.717, 1.165) is 50.0 Å². The fourth-order valence-electron chi connectivity index (χ4n) is 2.93. The summed E-state index contributed by atoms with van der Waals surface area (Å²) in [5.74, 6) is 1.55. The monoisotopic (exact) mass is 346 g/mol. The van der Waals surface area contributed by atoms with Crippen LogP contribution in [0.4, 0.5) is 0 Å². The lowest BCUT2D eigenvalue weighted by Crippen LogP contribution is -2.50. The van der Waals surface area contributed by atoms with Gasteiger partial charge in [-0.2, -0.15) is 0 Å². The van der Waals surface area contributed by atoms with Crippen molar-refractivity contribution in [2.24, 2.45) is 4.99 Å². The van der Waals surface area contributed by atoms with Crippen molar-refractivity contribution in [1.82, 2.24) is 25.2 Å². The molecule has 0 saturated carbocycles. The van der Waals surface area contributed by atoms with Gasteiger partial charge in [-0.15, -0.1) is 10.2 Å². The second-order valence-corrected chi connectivity index (χ2v) is 6.09. The van der Waals surface area contributed by atoms with Crippen LogP contribution < -0.4 is 10.6 Å². The molecule has 0 spiro atoms. The highest BCUT2D eigenvalue weighted by Crippen LogP contribution is 2.23. The minimum atomic E-state index is -0.198. The van der Waals surface area contributed by atoms with Crippen molar-refractivity contribution in [3.63, 3.8) is 0 Å². The molecule has 3 rings (SSSR count). The quantitative estimate of drug-likeness (QED) is 0.599. The summed E-state index contributed by atoms with van der Waals surface area (Å²) in [5, 5.41) is 15.0. The van der Waals surface area contributed by atoms with Gasteiger partial charge in [-0.1, -0.05) is 6.07 Å². The fraction of sp³-hybridized carbons (Fsp3) is 0.588. The average molecular weight is 346 g/mol. The number of rotatable bonds is 6. The second-order valence-electron chi connectivity index (χ2n) is 6.09. The van der Waals surface area contributed by atoms with Crippen molar-refractivity contribution in [3.05, 3.63) is 30.2 Å². The Bertz CT molecular complexity index is 708. The maximum atomic E-state index is 5.76. The van der Waals surface area contributed by atoms with Crippen LogP contribution in [0.25, 0.3) is 5.65 Å². The minimum Gasteiger partial charge on any atom is -0.381 e. The molecule has 1 fully saturated rings. The Hall–Kier alpha value is -2.19. The molecule has 0 amide bonds. The Kier molecular flexibility index (Phi) is 5.83. The third-order valence-electron chi connectivity index (χ3n) is 4.52. The number of hydrogen-bond acceptors (Lipinski definition) is 5. The Labute approximate surface area is 147 Å². The Morgan fingerprint density at radius 2 is 2.16 bits per heavy atom. The molecule has 136 valence electrons. The predicted octanol–water partition coefficient (Wildman–Crippen LogP) is 0.980. The van der Waals surface area contributed by atoms with E-state index < -0.39 is 0 Å². The average Bonchev–Trinajstić information content (AvgIpc) is 3.08. The van der Waals surface area contributed by atoms with Gasteiger partial charge in [0.25, 0.3) is 0 Å². The van der Waals surface area contributed by atoms with Gasteiger partial charge >= 0.3 is 0 Å². The number of hydrogen-bond donors (Lipinski definition) is 2. The number of fused-ring (bicyclic) bond motifs is 1. The van der Waals surface area contributed by atoms with Gasteiger partial charge in [-0.05, 0) is 19.1 Å². The highest BCUT2D eigenvalue weighted by molar-refractivity contribution is 5.79. The molecule has 0 radical (unpaired) electrons. The highest BCUT2D eigenvalue weighted by Gasteiger charge is 2.32. The predicted molar refractivity (Wildman–Crippen MR) is 95.6 cm³/mol. The molecule has 1 saturated heterocycles. The summed E-state index contributed by atoms with van der Waals surface area (Å²) in [7, 11) is 1.76. The first-order chi connectivity index (χ1) is 12.3. The summed E-state index contributed by atoms with van der Waals surface area (Å²) in [4.78, 5) is 4.64. The van der Waals surface area contributed by atoms with Crippen molar-refractivity contribution in [2.45, 2.75) is 31.9 Å². The van der Waals surface area contributed by atoms with E-state index in [-0.39, 0.29) is 5.60 Å². The number of aliphatic imine (C=N–C) groups is 1. The number of methoxy groups -OCH3 is 1. The van der Waals surface area contributed by atoms with Crippen LogP contribution in [0.3, 0.4) is 0 Å². The molecule has 3 heterocycles. The normalized spacial score (nSPS) is 17.6. The van der Waals surface area contributed by atoms with Crippen LogP contribution in [-0.2, 0) is 16.0 Å². The van der Waals surface area contributed by atoms with E-state index in [1.54, 1.807) is 7.11 Å². The summed E-state index contributed by atoms with van der Waals surface area (Å²) >= 11 is 0. The van der Waals surface area contributed by atoms with Crippen molar-refractivity contribution >= 4 is 11.6 Å². The van der Waals surface area contributed by atoms with E-state index in [0.29, 0.717) is 13.1 Å². The van der Waals surface area contributed by atoms with Gasteiger partial charge in [-0.3, -0.25) is 4.40 Å². The first-order valence-electron chi connectivity index (χ1n) is 8.70. The summed E-state index contributed by atoms with van der Waals surface area (Å²) in [6, 6.07) is 5.83. The first kappa shape index (κ1) is 17.6. The molecule has 1 aliphatic heterocycles. The molecule has 0 atom stereocenters. The highest BCUT2D eigenvalue weighted by atomic mass is 16.5. The van der Waals surface area contributed by atoms with E-state index in [2.05, 4.69) is 25.8 Å². The zero-order valence-electron chi connectivity index (χ0n) is 14.9. The molecule has 0 bridgehead atoms. The maximum absolute atomic E-state index is 5.76. The van der Waals surface area contributed by atoms with Crippen molar-refractivity contribution in [2.75, 3.05) is 33.4 Å². The fourth-order valence-corrected chi connectivity index (χ4v) is 2.93. The standard InChI is InChI=1S/C17H26N6O2/c1-3-18-16(20-13-17(24-2)7-10-25-11-8-17)19-12-15-22-21-14-6-4-5-9-23(14)15/h4-6,9H,3,7-8,10-13H2,1-2H3,(H2,18,19,20). The summed E-state index contributed by atoms with van der Waals surface area (Å²) in [6.07, 6.45) is 3.71. The Morgan fingerprint density at radius 3 is 2.92 bits per heavy atom. The summed E-state index contributed by atoms with van der Waals surface area (Å²) in [6.45, 7) is 5.44. The van der Waals surface area contributed by atoms with E-state index in [4.69, 9.17) is 9.47 Å². The molecule has 0 aliphatic carbocycles. The molecular weight excluding hydrogens is 320 g/mol. The van der Waals surface area contributed by atoms with E-state index >= 15 is 0 Å². The molecule has 2 aromatic heterocycles. The molecule has 8 heteroatoms. The van der Waals surface area contributed by atoms with Gasteiger partial charge in [0.1, 0.15) is 6.54 Å². The second kappa shape index (κ2) is 8.26. The number of guanidine groups is 1. The molecule has 0 aromatic carbocycles. The molecule has 8 nitrogen and oxygen atoms in total. The third kappa shape index (κ3) is 4.26. The summed E-state index contributed by atoms with van der Waals surface area (Å²) < 4.78 is 13.2. The third-order valence-corrected chi connectivity index (χ3v) is 4.52. The van der Waals surface area contributed by atoms with Crippen LogP contribution in [0.1, 0.15) is 25.6 Å². The van der Waals surface area contributed by atoms with Crippen LogP contribution in [0.2, 0.25) is 0 Å². The van der Waals surface area contributed by atoms with Crippen LogP contribution in [0.5, 0.6) is 0 Å². The largest absolute Gasteiger partial charge is 0.381 e. The Balaban J connectivity index is 1.66. The zero-order chi connectivity index (χ0) is 17.5. The topological polar surface area (TPSA) is 85.1 Å². The minimum absolute atomic E-state index is 0.198. The van der Waals surface area contributed by atoms with Gasteiger partial charge < -0.3 is 20.1 Å². The first-order valence-corrected chi connectivity index (χ1v) is 8.70. The number of pyridine rings is 1. The SMILES string of the molecule is CCNC(=NCc1nnc2ccccn12)NCC1(OC)CCOCC1. The van der Waals surface area contributed by atoms with Crippen LogP contribution in [0, 0.1) is 0 Å². The van der Waals surface area contributed by atoms with Gasteiger partial charge in [0.2, 0.25) is 0 Å². The lowest BCUT2D eigenvalue weighted by atomic mass is 9.94. The van der Waals surface area contributed by atoms with E-state index in [1.807, 2.05) is 35.7 Å². The zero-order valence-corrected chi connectivity index (χ0v) is 14.9. The van der Waals surface area contributed by atoms with Crippen LogP contribution in [0.15, 0.2) is 29.4 Å². The molecular formula is C17H26N6O2. The van der Waals surface area contributed by atoms with Gasteiger partial charge in [0, 0.05) is 52.5 Å². The van der Waals surface area contributed by atoms with E-state index in [9.17, 15) is 0 Å². The lowest BCUT2D eigenvalue weighted by molar-refractivity contribution is -0.0855. The number of nitrogens with zero attached hydrogens (tertiary/aromatic N) is 4. The van der Waals surface area contributed by atoms with Crippen molar-refractivity contribution in [3.8, 4) is 0 Å². The smallest absolute Gasteiger partial charge is 0.191 e. The number of ether oxygens (including phenoxy) is 2.